The summed E-state index contributed by atoms with van der Waals surface area (Å²) in [4.78, 5) is 23.7. The summed E-state index contributed by atoms with van der Waals surface area (Å²) >= 11 is 0. The fourth-order valence-corrected chi connectivity index (χ4v) is 5.33. The quantitative estimate of drug-likeness (QED) is 0.264. The Morgan fingerprint density at radius 1 is 0.881 bits per heavy atom. The number of hydrogen-bond acceptors (Lipinski definition) is 7. The van der Waals surface area contributed by atoms with Crippen LogP contribution in [0.4, 0.5) is 13.2 Å². The van der Waals surface area contributed by atoms with Crippen LogP contribution in [-0.2, 0) is 53.0 Å². The van der Waals surface area contributed by atoms with Gasteiger partial charge in [0, 0.05) is 5.54 Å². The van der Waals surface area contributed by atoms with Gasteiger partial charge in [-0.05, 0) is 74.6 Å². The minimum atomic E-state index is -5.84. The van der Waals surface area contributed by atoms with E-state index in [4.69, 9.17) is 22.4 Å². The highest BCUT2D eigenvalue weighted by molar-refractivity contribution is 7.86. The van der Waals surface area contributed by atoms with Crippen LogP contribution in [0.5, 0.6) is 0 Å². The van der Waals surface area contributed by atoms with Crippen molar-refractivity contribution in [3.05, 3.63) is 70.8 Å². The van der Waals surface area contributed by atoms with Gasteiger partial charge in [-0.15, -0.1) is 0 Å². The molecule has 0 amide bonds. The number of hydrogen-bond donors (Lipinski definition) is 2. The van der Waals surface area contributed by atoms with Crippen LogP contribution in [0.15, 0.2) is 48.5 Å². The summed E-state index contributed by atoms with van der Waals surface area (Å²) in [6.45, 7) is 13.2. The summed E-state index contributed by atoms with van der Waals surface area (Å²) in [5, 5.41) is 3.36. The van der Waals surface area contributed by atoms with Crippen molar-refractivity contribution in [1.82, 2.24) is 5.32 Å². The molecule has 0 radical (unpaired) electrons. The van der Waals surface area contributed by atoms with Gasteiger partial charge in [0.25, 0.3) is 0 Å². The second kappa shape index (κ2) is 14.0. The number of carbonyl (C=O) groups excluding carboxylic acids is 2. The summed E-state index contributed by atoms with van der Waals surface area (Å²) < 4.78 is 67.8. The summed E-state index contributed by atoms with van der Waals surface area (Å²) in [7, 11) is -5.84. The van der Waals surface area contributed by atoms with Crippen molar-refractivity contribution >= 4 is 22.1 Å². The summed E-state index contributed by atoms with van der Waals surface area (Å²) in [5.74, 6) is -0.190. The van der Waals surface area contributed by atoms with E-state index in [9.17, 15) is 22.8 Å². The lowest BCUT2D eigenvalue weighted by atomic mass is 9.68. The lowest BCUT2D eigenvalue weighted by Crippen LogP contribution is -2.53. The predicted octanol–water partition coefficient (Wildman–Crippen LogP) is 5.48. The Kier molecular flexibility index (Phi) is 11.8. The van der Waals surface area contributed by atoms with Crippen LogP contribution < -0.4 is 5.32 Å². The fraction of sp³-hybridized carbons (Fsp3) is 0.533. The van der Waals surface area contributed by atoms with Crippen molar-refractivity contribution in [1.29, 1.82) is 0 Å². The minimum Gasteiger partial charge on any atom is -0.466 e. The van der Waals surface area contributed by atoms with Crippen molar-refractivity contribution < 1.29 is 45.2 Å². The van der Waals surface area contributed by atoms with Gasteiger partial charge in [0.15, 0.2) is 0 Å². The van der Waals surface area contributed by atoms with E-state index in [1.807, 2.05) is 32.0 Å². The lowest BCUT2D eigenvalue weighted by molar-refractivity contribution is -0.149. The minimum absolute atomic E-state index is 0.0137. The summed E-state index contributed by atoms with van der Waals surface area (Å²) in [6.07, 6.45) is 2.40. The van der Waals surface area contributed by atoms with Gasteiger partial charge in [0.2, 0.25) is 0 Å². The van der Waals surface area contributed by atoms with Crippen LogP contribution in [0.25, 0.3) is 0 Å². The molecule has 2 unspecified atom stereocenters. The molecule has 0 bridgehead atoms. The standard InChI is InChI=1S/C15H20O2.C14H19NO2.CHF3O3S/c1-4-17-14(16)12-9-11-7-5-6-8-13(11)15(2,3)10-12;1-4-17-13(16)12-9-10-7-5-6-8-11(10)14(2,3)15-12;2-1(3,4)8(5,6)7/h5-8,12H,4,9-10H2,1-3H3;5-8,12,15H,4,9H2,1-3H3;(H,5,6,7). The zero-order valence-electron chi connectivity index (χ0n) is 24.7. The van der Waals surface area contributed by atoms with Gasteiger partial charge in [-0.1, -0.05) is 62.4 Å². The van der Waals surface area contributed by atoms with Gasteiger partial charge in [-0.2, -0.15) is 21.6 Å². The van der Waals surface area contributed by atoms with Crippen molar-refractivity contribution in [2.24, 2.45) is 5.92 Å². The van der Waals surface area contributed by atoms with E-state index in [1.54, 1.807) is 0 Å². The molecule has 1 heterocycles. The van der Waals surface area contributed by atoms with Gasteiger partial charge in [-0.3, -0.25) is 19.5 Å². The second-order valence-corrected chi connectivity index (χ2v) is 12.7. The van der Waals surface area contributed by atoms with Crippen LogP contribution >= 0.6 is 0 Å². The molecule has 0 saturated heterocycles. The van der Waals surface area contributed by atoms with E-state index < -0.39 is 15.6 Å². The predicted molar refractivity (Wildman–Crippen MR) is 152 cm³/mol. The molecule has 0 aromatic heterocycles. The maximum absolute atomic E-state index is 11.9. The molecule has 2 aliphatic rings. The molecule has 12 heteroatoms. The van der Waals surface area contributed by atoms with Gasteiger partial charge >= 0.3 is 27.6 Å². The zero-order valence-corrected chi connectivity index (χ0v) is 25.6. The zero-order chi connectivity index (χ0) is 31.9. The first-order valence-corrected chi connectivity index (χ1v) is 15.1. The Morgan fingerprint density at radius 2 is 1.33 bits per heavy atom. The second-order valence-electron chi connectivity index (χ2n) is 11.3. The smallest absolute Gasteiger partial charge is 0.466 e. The Labute approximate surface area is 245 Å². The normalized spacial score (nSPS) is 20.2. The topological polar surface area (TPSA) is 119 Å². The first kappa shape index (κ1) is 35.2. The third-order valence-corrected chi connectivity index (χ3v) is 7.69. The number of ether oxygens (including phenoxy) is 2. The van der Waals surface area contributed by atoms with E-state index in [0.717, 1.165) is 12.8 Å². The van der Waals surface area contributed by atoms with Gasteiger partial charge in [-0.25, -0.2) is 0 Å². The van der Waals surface area contributed by atoms with Gasteiger partial charge in [0.05, 0.1) is 19.1 Å². The summed E-state index contributed by atoms with van der Waals surface area (Å²) in [6, 6.07) is 16.4. The Balaban J connectivity index is 0.000000236. The SMILES string of the molecule is CCOC(=O)C1Cc2ccccc2C(C)(C)C1.CCOC(=O)C1Cc2ccccc2C(C)(C)N1.O=S(=O)(O)C(F)(F)F. The van der Waals surface area contributed by atoms with Crippen LogP contribution in [0.2, 0.25) is 0 Å². The highest BCUT2D eigenvalue weighted by Crippen LogP contribution is 2.39. The van der Waals surface area contributed by atoms with Crippen LogP contribution in [0.3, 0.4) is 0 Å². The third-order valence-electron chi connectivity index (χ3n) is 7.10. The van der Waals surface area contributed by atoms with E-state index in [1.165, 1.54) is 22.3 Å². The Morgan fingerprint density at radius 3 is 1.83 bits per heavy atom. The van der Waals surface area contributed by atoms with Crippen molar-refractivity contribution in [2.45, 2.75) is 83.3 Å². The van der Waals surface area contributed by atoms with Gasteiger partial charge < -0.3 is 9.47 Å². The molecule has 1 aliphatic heterocycles. The molecule has 42 heavy (non-hydrogen) atoms. The molecule has 4 rings (SSSR count). The lowest BCUT2D eigenvalue weighted by Gasteiger charge is -2.38. The number of rotatable bonds is 4. The number of nitrogens with one attached hydrogen (secondary N) is 1. The average molecular weight is 616 g/mol. The highest BCUT2D eigenvalue weighted by Gasteiger charge is 2.44. The number of esters is 2. The fourth-order valence-electron chi connectivity index (χ4n) is 5.33. The molecule has 0 fully saturated rings. The molecular formula is C30H40F3NO7S. The molecule has 2 aromatic carbocycles. The maximum Gasteiger partial charge on any atom is 0.522 e. The maximum atomic E-state index is 11.9. The first-order valence-electron chi connectivity index (χ1n) is 13.7. The molecular weight excluding hydrogens is 575 g/mol. The largest absolute Gasteiger partial charge is 0.522 e. The van der Waals surface area contributed by atoms with Crippen molar-refractivity contribution in [3.63, 3.8) is 0 Å². The van der Waals surface area contributed by atoms with E-state index in [0.29, 0.717) is 19.6 Å². The van der Waals surface area contributed by atoms with Gasteiger partial charge in [0.1, 0.15) is 6.04 Å². The molecule has 0 spiro atoms. The molecule has 0 saturated carbocycles. The molecule has 2 atom stereocenters. The van der Waals surface area contributed by atoms with Crippen molar-refractivity contribution in [3.8, 4) is 0 Å². The van der Waals surface area contributed by atoms with Crippen molar-refractivity contribution in [2.75, 3.05) is 13.2 Å². The number of benzene rings is 2. The van der Waals surface area contributed by atoms with Crippen LogP contribution in [-0.4, -0.2) is 49.7 Å². The monoisotopic (exact) mass is 615 g/mol. The summed E-state index contributed by atoms with van der Waals surface area (Å²) in [5.41, 5.74) is -0.497. The van der Waals surface area contributed by atoms with E-state index in [2.05, 4.69) is 63.3 Å². The van der Waals surface area contributed by atoms with Crippen LogP contribution in [0, 0.1) is 5.92 Å². The third kappa shape index (κ3) is 9.27. The first-order chi connectivity index (χ1) is 19.3. The Hall–Kier alpha value is -2.96. The molecule has 1 aliphatic carbocycles. The molecule has 8 nitrogen and oxygen atoms in total. The average Bonchev–Trinajstić information content (AvgIpc) is 2.88. The number of alkyl halides is 3. The number of halogens is 3. The van der Waals surface area contributed by atoms with Crippen LogP contribution in [0.1, 0.15) is 70.2 Å². The molecule has 2 aromatic rings. The highest BCUT2D eigenvalue weighted by atomic mass is 32.2. The molecule has 234 valence electrons. The Bertz CT molecular complexity index is 1260. The number of fused-ring (bicyclic) bond motifs is 2. The molecule has 2 N–H and O–H groups in total. The van der Waals surface area contributed by atoms with E-state index in [-0.39, 0.29) is 34.9 Å². The van der Waals surface area contributed by atoms with E-state index >= 15 is 0 Å². The number of carbonyl (C=O) groups is 2.